The minimum atomic E-state index is -0.123. The lowest BCUT2D eigenvalue weighted by Crippen LogP contribution is -2.14. The van der Waals surface area contributed by atoms with E-state index >= 15 is 0 Å². The van der Waals surface area contributed by atoms with Crippen molar-refractivity contribution in [1.29, 1.82) is 0 Å². The number of aryl methyl sites for hydroxylation is 1. The number of aromatic nitrogens is 2. The number of hydrogen-bond donors (Lipinski definition) is 1. The smallest absolute Gasteiger partial charge is 0.277 e. The Bertz CT molecular complexity index is 1150. The van der Waals surface area contributed by atoms with E-state index in [4.69, 9.17) is 4.42 Å². The topological polar surface area (TPSA) is 80.4 Å². The number of anilines is 1. The van der Waals surface area contributed by atoms with Crippen molar-refractivity contribution in [1.82, 2.24) is 10.2 Å². The number of aliphatic imine (C=N–C) groups is 1. The van der Waals surface area contributed by atoms with Crippen LogP contribution in [0.5, 0.6) is 0 Å². The van der Waals surface area contributed by atoms with Crippen LogP contribution >= 0.6 is 23.1 Å². The van der Waals surface area contributed by atoms with Crippen LogP contribution < -0.4 is 5.32 Å². The molecule has 6 nitrogen and oxygen atoms in total. The van der Waals surface area contributed by atoms with Crippen molar-refractivity contribution in [3.05, 3.63) is 76.5 Å². The van der Waals surface area contributed by atoms with E-state index in [1.54, 1.807) is 11.3 Å². The number of para-hydroxylation sites is 1. The van der Waals surface area contributed by atoms with Crippen molar-refractivity contribution in [2.45, 2.75) is 12.1 Å². The van der Waals surface area contributed by atoms with Crippen LogP contribution in [0.15, 0.2) is 80.7 Å². The van der Waals surface area contributed by atoms with Crippen molar-refractivity contribution in [2.24, 2.45) is 4.99 Å². The molecule has 0 saturated carbocycles. The van der Waals surface area contributed by atoms with E-state index < -0.39 is 0 Å². The van der Waals surface area contributed by atoms with Gasteiger partial charge in [-0.1, -0.05) is 36.0 Å². The van der Waals surface area contributed by atoms with Crippen LogP contribution in [0, 0.1) is 6.92 Å². The van der Waals surface area contributed by atoms with Crippen molar-refractivity contribution in [3.63, 3.8) is 0 Å². The molecule has 0 atom stereocenters. The van der Waals surface area contributed by atoms with Gasteiger partial charge in [0.2, 0.25) is 11.8 Å². The minimum Gasteiger partial charge on any atom is -0.411 e. The summed E-state index contributed by atoms with van der Waals surface area (Å²) in [5.74, 6) is 0.472. The molecule has 0 radical (unpaired) electrons. The summed E-state index contributed by atoms with van der Waals surface area (Å²) in [6.45, 7) is 1.95. The molecule has 1 N–H and O–H groups in total. The standard InChI is InChI=1S/C22H18N4O2S2/c1-15-5-2-3-7-19(15)24-20(27)14-30-22-26-25-21(28-22)16-8-10-17(11-9-16)23-13-18-6-4-12-29-18/h2-13H,14H2,1H3,(H,24,27). The zero-order chi connectivity index (χ0) is 20.8. The van der Waals surface area contributed by atoms with Crippen LogP contribution in [-0.4, -0.2) is 28.1 Å². The van der Waals surface area contributed by atoms with Crippen molar-refractivity contribution in [3.8, 4) is 11.5 Å². The monoisotopic (exact) mass is 434 g/mol. The molecule has 0 saturated heterocycles. The summed E-state index contributed by atoms with van der Waals surface area (Å²) in [7, 11) is 0. The van der Waals surface area contributed by atoms with E-state index in [1.807, 2.05) is 79.2 Å². The zero-order valence-corrected chi connectivity index (χ0v) is 17.7. The molecule has 0 spiro atoms. The van der Waals surface area contributed by atoms with Gasteiger partial charge in [-0.25, -0.2) is 0 Å². The molecule has 0 bridgehead atoms. The second-order valence-corrected chi connectivity index (χ2v) is 8.25. The minimum absolute atomic E-state index is 0.123. The quantitative estimate of drug-likeness (QED) is 0.303. The van der Waals surface area contributed by atoms with Gasteiger partial charge in [0.1, 0.15) is 0 Å². The molecule has 1 amide bonds. The van der Waals surface area contributed by atoms with Crippen LogP contribution in [0.3, 0.4) is 0 Å². The van der Waals surface area contributed by atoms with Gasteiger partial charge in [-0.2, -0.15) is 0 Å². The third-order valence-electron chi connectivity index (χ3n) is 4.15. The zero-order valence-electron chi connectivity index (χ0n) is 16.1. The van der Waals surface area contributed by atoms with Gasteiger partial charge < -0.3 is 9.73 Å². The Morgan fingerprint density at radius 1 is 1.13 bits per heavy atom. The molecule has 0 unspecified atom stereocenters. The van der Waals surface area contributed by atoms with Gasteiger partial charge in [0.25, 0.3) is 5.22 Å². The number of carbonyl (C=O) groups excluding carboxylic acids is 1. The van der Waals surface area contributed by atoms with E-state index in [0.717, 1.165) is 27.4 Å². The Balaban J connectivity index is 1.33. The van der Waals surface area contributed by atoms with Gasteiger partial charge in [-0.05, 0) is 54.3 Å². The molecule has 2 aromatic heterocycles. The SMILES string of the molecule is Cc1ccccc1NC(=O)CSc1nnc(-c2ccc(N=Cc3cccs3)cc2)o1. The average molecular weight is 435 g/mol. The Hall–Kier alpha value is -3.23. The summed E-state index contributed by atoms with van der Waals surface area (Å²) in [6.07, 6.45) is 1.84. The molecule has 30 heavy (non-hydrogen) atoms. The van der Waals surface area contributed by atoms with Crippen LogP contribution in [0.2, 0.25) is 0 Å². The highest BCUT2D eigenvalue weighted by Gasteiger charge is 2.12. The third kappa shape index (κ3) is 5.22. The number of thiophene rings is 1. The maximum Gasteiger partial charge on any atom is 0.277 e. The average Bonchev–Trinajstić information content (AvgIpc) is 3.45. The van der Waals surface area contributed by atoms with Crippen LogP contribution in [0.4, 0.5) is 11.4 Å². The third-order valence-corrected chi connectivity index (χ3v) is 5.78. The number of carbonyl (C=O) groups is 1. The van der Waals surface area contributed by atoms with Gasteiger partial charge in [-0.3, -0.25) is 9.79 Å². The van der Waals surface area contributed by atoms with Crippen molar-refractivity contribution < 1.29 is 9.21 Å². The molecule has 0 aliphatic carbocycles. The lowest BCUT2D eigenvalue weighted by atomic mass is 10.2. The van der Waals surface area contributed by atoms with Crippen LogP contribution in [0.25, 0.3) is 11.5 Å². The molecular formula is C22H18N4O2S2. The number of nitrogens with one attached hydrogen (secondary N) is 1. The first kappa shape index (κ1) is 20.1. The highest BCUT2D eigenvalue weighted by atomic mass is 32.2. The fourth-order valence-corrected chi connectivity index (χ4v) is 3.75. The number of nitrogens with zero attached hydrogens (tertiary/aromatic N) is 3. The molecule has 4 rings (SSSR count). The number of rotatable bonds is 7. The molecule has 2 aromatic carbocycles. The number of benzene rings is 2. The molecule has 150 valence electrons. The lowest BCUT2D eigenvalue weighted by molar-refractivity contribution is -0.113. The highest BCUT2D eigenvalue weighted by molar-refractivity contribution is 7.99. The van der Waals surface area contributed by atoms with Gasteiger partial charge in [0.05, 0.1) is 11.4 Å². The van der Waals surface area contributed by atoms with E-state index in [0.29, 0.717) is 11.1 Å². The second-order valence-electron chi connectivity index (χ2n) is 6.35. The van der Waals surface area contributed by atoms with Gasteiger partial charge in [0, 0.05) is 22.3 Å². The van der Waals surface area contributed by atoms with Crippen molar-refractivity contribution in [2.75, 3.05) is 11.1 Å². The Kier molecular flexibility index (Phi) is 6.36. The van der Waals surface area contributed by atoms with E-state index in [1.165, 1.54) is 11.8 Å². The predicted octanol–water partition coefficient (Wildman–Crippen LogP) is 5.59. The van der Waals surface area contributed by atoms with E-state index in [2.05, 4.69) is 20.5 Å². The summed E-state index contributed by atoms with van der Waals surface area (Å²) in [4.78, 5) is 17.7. The Labute approximate surface area is 182 Å². The summed E-state index contributed by atoms with van der Waals surface area (Å²) in [5.41, 5.74) is 3.46. The van der Waals surface area contributed by atoms with Crippen molar-refractivity contribution >= 4 is 46.6 Å². The first-order chi connectivity index (χ1) is 14.7. The first-order valence-electron chi connectivity index (χ1n) is 9.17. The number of thioether (sulfide) groups is 1. The van der Waals surface area contributed by atoms with Gasteiger partial charge in [-0.15, -0.1) is 21.5 Å². The van der Waals surface area contributed by atoms with Crippen LogP contribution in [-0.2, 0) is 4.79 Å². The largest absolute Gasteiger partial charge is 0.411 e. The van der Waals surface area contributed by atoms with E-state index in [-0.39, 0.29) is 11.7 Å². The summed E-state index contributed by atoms with van der Waals surface area (Å²) >= 11 is 2.84. The Morgan fingerprint density at radius 3 is 2.73 bits per heavy atom. The highest BCUT2D eigenvalue weighted by Crippen LogP contribution is 2.25. The summed E-state index contributed by atoms with van der Waals surface area (Å²) in [5, 5.41) is 13.3. The van der Waals surface area contributed by atoms with E-state index in [9.17, 15) is 4.79 Å². The fourth-order valence-electron chi connectivity index (χ4n) is 2.60. The summed E-state index contributed by atoms with van der Waals surface area (Å²) < 4.78 is 5.68. The Morgan fingerprint density at radius 2 is 1.97 bits per heavy atom. The molecule has 8 heteroatoms. The van der Waals surface area contributed by atoms with Gasteiger partial charge >= 0.3 is 0 Å². The fraction of sp³-hybridized carbons (Fsp3) is 0.0909. The normalized spacial score (nSPS) is 11.1. The van der Waals surface area contributed by atoms with Crippen LogP contribution in [0.1, 0.15) is 10.4 Å². The maximum atomic E-state index is 12.2. The second kappa shape index (κ2) is 9.51. The first-order valence-corrected chi connectivity index (χ1v) is 11.0. The molecule has 2 heterocycles. The summed E-state index contributed by atoms with van der Waals surface area (Å²) in [6, 6.07) is 19.2. The number of amides is 1. The maximum absolute atomic E-state index is 12.2. The molecule has 0 fully saturated rings. The molecular weight excluding hydrogens is 416 g/mol. The van der Waals surface area contributed by atoms with Gasteiger partial charge in [0.15, 0.2) is 0 Å². The molecule has 0 aliphatic rings. The number of hydrogen-bond acceptors (Lipinski definition) is 7. The molecule has 0 aliphatic heterocycles. The lowest BCUT2D eigenvalue weighted by Gasteiger charge is -2.06. The molecule has 4 aromatic rings. The predicted molar refractivity (Wildman–Crippen MR) is 122 cm³/mol.